The molecule has 1 aromatic carbocycles. The maximum atomic E-state index is 14.1. The van der Waals surface area contributed by atoms with Gasteiger partial charge in [-0.25, -0.2) is 14.4 Å². The summed E-state index contributed by atoms with van der Waals surface area (Å²) in [7, 11) is 0. The second kappa shape index (κ2) is 11.0. The number of rotatable bonds is 7. The Morgan fingerprint density at radius 2 is 1.91 bits per heavy atom. The molecule has 2 aliphatic rings. The summed E-state index contributed by atoms with van der Waals surface area (Å²) >= 11 is 6.20. The fraction of sp³-hybridized carbons (Fsp3) is 0.538. The van der Waals surface area contributed by atoms with Crippen LogP contribution in [0.25, 0.3) is 0 Å². The SMILES string of the molecule is CCCNC1CCC(Oc2cc(F)ccc2C(=O)N2CC(=N)C(c3nc(C)c(Cl)c(C)n3)C2)CC1. The molecule has 35 heavy (non-hydrogen) atoms. The van der Waals surface area contributed by atoms with E-state index in [4.69, 9.17) is 21.7 Å². The summed E-state index contributed by atoms with van der Waals surface area (Å²) in [6.07, 6.45) is 4.75. The van der Waals surface area contributed by atoms with Crippen LogP contribution in [0.5, 0.6) is 5.75 Å². The molecule has 4 rings (SSSR count). The number of aryl methyl sites for hydroxylation is 2. The van der Waals surface area contributed by atoms with Crippen molar-refractivity contribution in [3.05, 3.63) is 51.8 Å². The number of ether oxygens (including phenoxy) is 1. The summed E-state index contributed by atoms with van der Waals surface area (Å²) in [6.45, 7) is 7.21. The molecule has 1 aromatic heterocycles. The third kappa shape index (κ3) is 5.81. The van der Waals surface area contributed by atoms with Gasteiger partial charge < -0.3 is 20.4 Å². The molecule has 2 N–H and O–H groups in total. The fourth-order valence-electron chi connectivity index (χ4n) is 4.84. The third-order valence-corrected chi connectivity index (χ3v) is 7.36. The Hall–Kier alpha value is -2.58. The second-order valence-corrected chi connectivity index (χ2v) is 9.89. The van der Waals surface area contributed by atoms with E-state index in [0.29, 0.717) is 39.6 Å². The molecular formula is C26H33ClFN5O2. The van der Waals surface area contributed by atoms with E-state index in [2.05, 4.69) is 22.2 Å². The molecule has 188 valence electrons. The lowest BCUT2D eigenvalue weighted by Crippen LogP contribution is -2.37. The summed E-state index contributed by atoms with van der Waals surface area (Å²) in [5, 5.41) is 12.5. The predicted octanol–water partition coefficient (Wildman–Crippen LogP) is 4.83. The van der Waals surface area contributed by atoms with E-state index in [9.17, 15) is 9.18 Å². The molecule has 1 saturated carbocycles. The zero-order valence-electron chi connectivity index (χ0n) is 20.5. The van der Waals surface area contributed by atoms with Crippen molar-refractivity contribution in [2.24, 2.45) is 0 Å². The minimum atomic E-state index is -0.442. The Labute approximate surface area is 210 Å². The molecule has 1 amide bonds. The van der Waals surface area contributed by atoms with Gasteiger partial charge in [-0.3, -0.25) is 4.79 Å². The number of amides is 1. The van der Waals surface area contributed by atoms with Crippen molar-refractivity contribution in [3.8, 4) is 5.75 Å². The van der Waals surface area contributed by atoms with Crippen molar-refractivity contribution in [1.82, 2.24) is 20.2 Å². The summed E-state index contributed by atoms with van der Waals surface area (Å²) in [4.78, 5) is 24.0. The predicted molar refractivity (Wildman–Crippen MR) is 134 cm³/mol. The average molecular weight is 502 g/mol. The van der Waals surface area contributed by atoms with Crippen molar-refractivity contribution in [3.63, 3.8) is 0 Å². The van der Waals surface area contributed by atoms with Crippen LogP contribution in [0.2, 0.25) is 5.02 Å². The Morgan fingerprint density at radius 1 is 1.23 bits per heavy atom. The van der Waals surface area contributed by atoms with Crippen molar-refractivity contribution in [2.45, 2.75) is 70.9 Å². The Balaban J connectivity index is 1.47. The quantitative estimate of drug-likeness (QED) is 0.566. The zero-order valence-corrected chi connectivity index (χ0v) is 21.3. The van der Waals surface area contributed by atoms with Crippen LogP contribution in [0.3, 0.4) is 0 Å². The van der Waals surface area contributed by atoms with E-state index in [0.717, 1.165) is 38.6 Å². The molecule has 2 fully saturated rings. The molecule has 1 aliphatic heterocycles. The van der Waals surface area contributed by atoms with Gasteiger partial charge in [0.15, 0.2) is 0 Å². The lowest BCUT2D eigenvalue weighted by molar-refractivity contribution is 0.0781. The van der Waals surface area contributed by atoms with E-state index >= 15 is 0 Å². The normalized spacial score (nSPS) is 22.5. The first-order valence-corrected chi connectivity index (χ1v) is 12.7. The number of nitrogens with one attached hydrogen (secondary N) is 2. The number of aromatic nitrogens is 2. The molecular weight excluding hydrogens is 469 g/mol. The van der Waals surface area contributed by atoms with E-state index in [1.165, 1.54) is 18.2 Å². The van der Waals surface area contributed by atoms with Crippen LogP contribution in [0.15, 0.2) is 18.2 Å². The lowest BCUT2D eigenvalue weighted by Gasteiger charge is -2.30. The van der Waals surface area contributed by atoms with Gasteiger partial charge in [0.25, 0.3) is 5.91 Å². The lowest BCUT2D eigenvalue weighted by atomic mass is 9.93. The highest BCUT2D eigenvalue weighted by molar-refractivity contribution is 6.31. The Kier molecular flexibility index (Phi) is 8.02. The first kappa shape index (κ1) is 25.5. The van der Waals surface area contributed by atoms with Crippen LogP contribution in [0.4, 0.5) is 4.39 Å². The molecule has 1 aliphatic carbocycles. The van der Waals surface area contributed by atoms with E-state index in [1.807, 2.05) is 0 Å². The van der Waals surface area contributed by atoms with Gasteiger partial charge in [-0.05, 0) is 64.6 Å². The van der Waals surface area contributed by atoms with Gasteiger partial charge in [0.2, 0.25) is 0 Å². The monoisotopic (exact) mass is 501 g/mol. The fourth-order valence-corrected chi connectivity index (χ4v) is 4.93. The van der Waals surface area contributed by atoms with Gasteiger partial charge in [-0.15, -0.1) is 0 Å². The molecule has 2 aromatic rings. The van der Waals surface area contributed by atoms with Gasteiger partial charge in [0, 0.05) is 24.4 Å². The van der Waals surface area contributed by atoms with Gasteiger partial charge in [-0.1, -0.05) is 18.5 Å². The number of hydrogen-bond acceptors (Lipinski definition) is 6. The number of hydrogen-bond donors (Lipinski definition) is 2. The van der Waals surface area contributed by atoms with Crippen LogP contribution in [0.1, 0.15) is 72.5 Å². The third-order valence-electron chi connectivity index (χ3n) is 6.81. The highest BCUT2D eigenvalue weighted by atomic mass is 35.5. The van der Waals surface area contributed by atoms with Crippen LogP contribution in [0, 0.1) is 25.1 Å². The van der Waals surface area contributed by atoms with E-state index in [-0.39, 0.29) is 30.9 Å². The molecule has 1 atom stereocenters. The molecule has 0 radical (unpaired) electrons. The summed E-state index contributed by atoms with van der Waals surface area (Å²) < 4.78 is 20.3. The van der Waals surface area contributed by atoms with E-state index in [1.54, 1.807) is 18.7 Å². The number of carbonyl (C=O) groups excluding carboxylic acids is 1. The van der Waals surface area contributed by atoms with Gasteiger partial charge in [-0.2, -0.15) is 0 Å². The largest absolute Gasteiger partial charge is 0.489 e. The standard InChI is InChI=1S/C26H33ClFN5O2/c1-4-11-30-18-6-8-19(9-7-18)35-23-12-17(28)5-10-20(23)26(34)33-13-21(22(29)14-33)25-31-15(2)24(27)16(3)32-25/h5,10,12,18-19,21,29-30H,4,6-9,11,13-14H2,1-3H3. The van der Waals surface area contributed by atoms with Crippen LogP contribution >= 0.6 is 11.6 Å². The highest BCUT2D eigenvalue weighted by Crippen LogP contribution is 2.31. The average Bonchev–Trinajstić information content (AvgIpc) is 3.23. The van der Waals surface area contributed by atoms with Crippen LogP contribution in [-0.2, 0) is 0 Å². The second-order valence-electron chi connectivity index (χ2n) is 9.52. The molecule has 2 heterocycles. The first-order chi connectivity index (χ1) is 16.8. The highest BCUT2D eigenvalue weighted by Gasteiger charge is 2.36. The number of nitrogens with zero attached hydrogens (tertiary/aromatic N) is 3. The topological polar surface area (TPSA) is 91.2 Å². The Bertz CT molecular complexity index is 1080. The molecule has 9 heteroatoms. The summed E-state index contributed by atoms with van der Waals surface area (Å²) in [5.41, 5.74) is 1.98. The smallest absolute Gasteiger partial charge is 0.257 e. The minimum absolute atomic E-state index is 0.0546. The first-order valence-electron chi connectivity index (χ1n) is 12.3. The van der Waals surface area contributed by atoms with E-state index < -0.39 is 11.7 Å². The maximum Gasteiger partial charge on any atom is 0.257 e. The van der Waals surface area contributed by atoms with Crippen molar-refractivity contribution in [2.75, 3.05) is 19.6 Å². The summed E-state index contributed by atoms with van der Waals surface area (Å²) in [5.74, 6) is -0.363. The number of likely N-dealkylation sites (tertiary alicyclic amines) is 1. The molecule has 0 spiro atoms. The van der Waals surface area contributed by atoms with Crippen LogP contribution < -0.4 is 10.1 Å². The zero-order chi connectivity index (χ0) is 25.1. The van der Waals surface area contributed by atoms with Crippen LogP contribution in [-0.4, -0.2) is 58.3 Å². The molecule has 7 nitrogen and oxygen atoms in total. The number of benzene rings is 1. The van der Waals surface area contributed by atoms with Crippen molar-refractivity contribution >= 4 is 23.2 Å². The summed E-state index contributed by atoms with van der Waals surface area (Å²) in [6, 6.07) is 4.53. The van der Waals surface area contributed by atoms with Gasteiger partial charge in [0.1, 0.15) is 17.4 Å². The number of halogens is 2. The van der Waals surface area contributed by atoms with Gasteiger partial charge in [0.05, 0.1) is 40.5 Å². The molecule has 0 bridgehead atoms. The number of carbonyl (C=O) groups is 1. The molecule has 1 saturated heterocycles. The Morgan fingerprint density at radius 3 is 2.57 bits per heavy atom. The van der Waals surface area contributed by atoms with Crippen molar-refractivity contribution < 1.29 is 13.9 Å². The van der Waals surface area contributed by atoms with Crippen molar-refractivity contribution in [1.29, 1.82) is 5.41 Å². The minimum Gasteiger partial charge on any atom is -0.489 e. The molecule has 1 unspecified atom stereocenters. The van der Waals surface area contributed by atoms with Gasteiger partial charge >= 0.3 is 0 Å². The maximum absolute atomic E-state index is 14.1.